The SMILES string of the molecule is NS(=O)(=O)C1=CCOC=C1. The number of nitrogens with two attached hydrogens (primary N) is 1. The van der Waals surface area contributed by atoms with Crippen LogP contribution in [0.4, 0.5) is 0 Å². The van der Waals surface area contributed by atoms with E-state index in [1.807, 2.05) is 0 Å². The van der Waals surface area contributed by atoms with Gasteiger partial charge in [0.1, 0.15) is 6.61 Å². The van der Waals surface area contributed by atoms with Crippen molar-refractivity contribution in [2.75, 3.05) is 6.61 Å². The molecule has 0 atom stereocenters. The van der Waals surface area contributed by atoms with Crippen LogP contribution in [0.25, 0.3) is 0 Å². The molecule has 0 fully saturated rings. The third kappa shape index (κ3) is 1.58. The molecule has 0 aromatic carbocycles. The van der Waals surface area contributed by atoms with E-state index in [4.69, 9.17) is 9.88 Å². The molecule has 0 saturated carbocycles. The molecule has 0 aromatic heterocycles. The third-order valence-corrected chi connectivity index (χ3v) is 2.00. The van der Waals surface area contributed by atoms with E-state index in [1.54, 1.807) is 0 Å². The molecule has 1 rings (SSSR count). The Morgan fingerprint density at radius 1 is 1.60 bits per heavy atom. The minimum atomic E-state index is -3.53. The van der Waals surface area contributed by atoms with Gasteiger partial charge in [0.25, 0.3) is 0 Å². The van der Waals surface area contributed by atoms with Gasteiger partial charge in [-0.05, 0) is 12.2 Å². The minimum absolute atomic E-state index is 0.110. The summed E-state index contributed by atoms with van der Waals surface area (Å²) >= 11 is 0. The first-order valence-electron chi connectivity index (χ1n) is 2.62. The van der Waals surface area contributed by atoms with Crippen LogP contribution in [0.15, 0.2) is 23.3 Å². The van der Waals surface area contributed by atoms with Crippen LogP contribution in [-0.2, 0) is 14.8 Å². The lowest BCUT2D eigenvalue weighted by Gasteiger charge is -2.04. The summed E-state index contributed by atoms with van der Waals surface area (Å²) in [6.07, 6.45) is 4.04. The summed E-state index contributed by atoms with van der Waals surface area (Å²) in [5, 5.41) is 4.81. The Hall–Kier alpha value is -0.810. The van der Waals surface area contributed by atoms with E-state index in [0.29, 0.717) is 0 Å². The highest BCUT2D eigenvalue weighted by molar-refractivity contribution is 7.93. The molecule has 0 radical (unpaired) electrons. The van der Waals surface area contributed by atoms with Gasteiger partial charge in [0.2, 0.25) is 10.0 Å². The summed E-state index contributed by atoms with van der Waals surface area (Å²) in [5.41, 5.74) is 0. The maximum Gasteiger partial charge on any atom is 0.237 e. The van der Waals surface area contributed by atoms with Gasteiger partial charge in [-0.25, -0.2) is 13.6 Å². The number of ether oxygens (including phenoxy) is 1. The molecule has 10 heavy (non-hydrogen) atoms. The second-order valence-electron chi connectivity index (χ2n) is 1.79. The molecule has 0 spiro atoms. The Bertz CT molecular complexity index is 275. The van der Waals surface area contributed by atoms with E-state index < -0.39 is 10.0 Å². The summed E-state index contributed by atoms with van der Waals surface area (Å²) in [5.74, 6) is 0. The van der Waals surface area contributed by atoms with E-state index in [1.165, 1.54) is 18.4 Å². The average Bonchev–Trinajstić information content (AvgIpc) is 1.88. The lowest BCUT2D eigenvalue weighted by molar-refractivity contribution is 0.285. The molecule has 0 aliphatic carbocycles. The largest absolute Gasteiger partial charge is 0.497 e. The number of hydrogen-bond donors (Lipinski definition) is 1. The van der Waals surface area contributed by atoms with E-state index in [-0.39, 0.29) is 11.5 Å². The van der Waals surface area contributed by atoms with Crippen LogP contribution in [-0.4, -0.2) is 15.0 Å². The van der Waals surface area contributed by atoms with Gasteiger partial charge in [0.05, 0.1) is 11.2 Å². The van der Waals surface area contributed by atoms with Crippen LogP contribution in [0, 0.1) is 0 Å². The molecule has 1 heterocycles. The van der Waals surface area contributed by atoms with Crippen LogP contribution in [0.5, 0.6) is 0 Å². The molecule has 5 heteroatoms. The second-order valence-corrected chi connectivity index (χ2v) is 3.35. The van der Waals surface area contributed by atoms with Crippen molar-refractivity contribution >= 4 is 10.0 Å². The lowest BCUT2D eigenvalue weighted by atomic mass is 10.4. The highest BCUT2D eigenvalue weighted by Crippen LogP contribution is 2.07. The first kappa shape index (κ1) is 7.30. The highest BCUT2D eigenvalue weighted by Gasteiger charge is 2.09. The van der Waals surface area contributed by atoms with Gasteiger partial charge in [-0.2, -0.15) is 0 Å². The Morgan fingerprint density at radius 3 is 2.60 bits per heavy atom. The third-order valence-electron chi connectivity index (χ3n) is 1.04. The molecule has 56 valence electrons. The van der Waals surface area contributed by atoms with Crippen molar-refractivity contribution in [3.8, 4) is 0 Å². The molecule has 1 aliphatic heterocycles. The number of sulfonamides is 1. The molecule has 4 nitrogen and oxygen atoms in total. The van der Waals surface area contributed by atoms with Gasteiger partial charge >= 0.3 is 0 Å². The van der Waals surface area contributed by atoms with Crippen LogP contribution in [0.3, 0.4) is 0 Å². The Morgan fingerprint density at radius 2 is 2.30 bits per heavy atom. The van der Waals surface area contributed by atoms with Crippen LogP contribution >= 0.6 is 0 Å². The average molecular weight is 161 g/mol. The number of primary sulfonamides is 1. The van der Waals surface area contributed by atoms with E-state index in [9.17, 15) is 8.42 Å². The smallest absolute Gasteiger partial charge is 0.237 e. The van der Waals surface area contributed by atoms with Gasteiger partial charge in [-0.1, -0.05) is 0 Å². The topological polar surface area (TPSA) is 69.4 Å². The van der Waals surface area contributed by atoms with Crippen molar-refractivity contribution in [2.24, 2.45) is 5.14 Å². The first-order valence-corrected chi connectivity index (χ1v) is 4.16. The molecule has 0 bridgehead atoms. The van der Waals surface area contributed by atoms with Crippen LogP contribution in [0.1, 0.15) is 0 Å². The van der Waals surface area contributed by atoms with Gasteiger partial charge in [0.15, 0.2) is 0 Å². The number of allylic oxidation sites excluding steroid dienone is 1. The van der Waals surface area contributed by atoms with Crippen molar-refractivity contribution in [1.29, 1.82) is 0 Å². The zero-order valence-electron chi connectivity index (χ0n) is 5.15. The molecule has 2 N–H and O–H groups in total. The summed E-state index contributed by atoms with van der Waals surface area (Å²) in [6.45, 7) is 0.266. The summed E-state index contributed by atoms with van der Waals surface area (Å²) in [6, 6.07) is 0. The Kier molecular flexibility index (Phi) is 1.78. The second kappa shape index (κ2) is 2.43. The normalized spacial score (nSPS) is 17.9. The highest BCUT2D eigenvalue weighted by atomic mass is 32.2. The maximum absolute atomic E-state index is 10.6. The summed E-state index contributed by atoms with van der Waals surface area (Å²) in [4.78, 5) is 0.110. The molecule has 0 saturated heterocycles. The maximum atomic E-state index is 10.6. The Balaban J connectivity index is 2.94. The van der Waals surface area contributed by atoms with Crippen LogP contribution in [0.2, 0.25) is 0 Å². The summed E-state index contributed by atoms with van der Waals surface area (Å²) in [7, 11) is -3.53. The number of rotatable bonds is 1. The quantitative estimate of drug-likeness (QED) is 0.574. The van der Waals surface area contributed by atoms with E-state index in [0.717, 1.165) is 0 Å². The van der Waals surface area contributed by atoms with Crippen molar-refractivity contribution in [1.82, 2.24) is 0 Å². The fourth-order valence-electron chi connectivity index (χ4n) is 0.580. The fraction of sp³-hybridized carbons (Fsp3) is 0.200. The lowest BCUT2D eigenvalue weighted by Crippen LogP contribution is -2.15. The van der Waals surface area contributed by atoms with E-state index >= 15 is 0 Å². The minimum Gasteiger partial charge on any atom is -0.497 e. The Labute approximate surface area is 59.0 Å². The van der Waals surface area contributed by atoms with Crippen molar-refractivity contribution in [3.05, 3.63) is 23.3 Å². The first-order chi connectivity index (χ1) is 4.61. The van der Waals surface area contributed by atoms with Gasteiger partial charge in [-0.3, -0.25) is 0 Å². The van der Waals surface area contributed by atoms with Crippen LogP contribution < -0.4 is 5.14 Å². The van der Waals surface area contributed by atoms with Crippen molar-refractivity contribution in [2.45, 2.75) is 0 Å². The van der Waals surface area contributed by atoms with Gasteiger partial charge in [0, 0.05) is 0 Å². The zero-order valence-corrected chi connectivity index (χ0v) is 5.97. The van der Waals surface area contributed by atoms with E-state index in [2.05, 4.69) is 0 Å². The monoisotopic (exact) mass is 161 g/mol. The zero-order chi connectivity index (χ0) is 7.61. The van der Waals surface area contributed by atoms with Crippen molar-refractivity contribution < 1.29 is 13.2 Å². The predicted octanol–water partition coefficient (Wildman–Crippen LogP) is -0.297. The molecular formula is C5H7NO3S. The molecular weight excluding hydrogens is 154 g/mol. The van der Waals surface area contributed by atoms with Crippen molar-refractivity contribution in [3.63, 3.8) is 0 Å². The summed E-state index contributed by atoms with van der Waals surface area (Å²) < 4.78 is 25.9. The van der Waals surface area contributed by atoms with Gasteiger partial charge in [-0.15, -0.1) is 0 Å². The molecule has 0 aromatic rings. The molecule has 0 amide bonds. The molecule has 1 aliphatic rings. The number of hydrogen-bond acceptors (Lipinski definition) is 3. The predicted molar refractivity (Wildman–Crippen MR) is 36.3 cm³/mol. The molecule has 0 unspecified atom stereocenters. The van der Waals surface area contributed by atoms with Gasteiger partial charge < -0.3 is 4.74 Å². The standard InChI is InChI=1S/C5H7NO3S/c6-10(7,8)5-1-3-9-4-2-5/h1-3H,4H2,(H2,6,7,8). The fourth-order valence-corrected chi connectivity index (χ4v) is 1.13.